The van der Waals surface area contributed by atoms with Gasteiger partial charge >= 0.3 is 0 Å². The quantitative estimate of drug-likeness (QED) is 0.587. The first kappa shape index (κ1) is 10.9. The van der Waals surface area contributed by atoms with E-state index >= 15 is 0 Å². The average Bonchev–Trinajstić information content (AvgIpc) is 2.42. The predicted molar refractivity (Wildman–Crippen MR) is 66.3 cm³/mol. The molecule has 84 valence electrons. The highest BCUT2D eigenvalue weighted by Crippen LogP contribution is 2.27. The first-order valence-corrected chi connectivity index (χ1v) is 4.97. The van der Waals surface area contributed by atoms with E-state index in [9.17, 15) is 9.81 Å². The lowest BCUT2D eigenvalue weighted by molar-refractivity contribution is 1.07. The van der Waals surface area contributed by atoms with Crippen molar-refractivity contribution in [1.29, 1.82) is 0 Å². The van der Waals surface area contributed by atoms with Gasteiger partial charge in [-0.25, -0.2) is 0 Å². The van der Waals surface area contributed by atoms with Crippen LogP contribution in [0.3, 0.4) is 0 Å². The minimum Gasteiger partial charge on any atom is -0.197 e. The van der Waals surface area contributed by atoms with Gasteiger partial charge in [0.2, 0.25) is 0 Å². The van der Waals surface area contributed by atoms with Gasteiger partial charge in [-0.2, -0.15) is 5.01 Å². The molecule has 5 heteroatoms. The van der Waals surface area contributed by atoms with Crippen LogP contribution in [0.2, 0.25) is 0 Å². The van der Waals surface area contributed by atoms with Crippen LogP contribution in [0.1, 0.15) is 0 Å². The van der Waals surface area contributed by atoms with Crippen LogP contribution in [0.4, 0.5) is 17.1 Å². The lowest BCUT2D eigenvalue weighted by Gasteiger charge is -2.14. The molecule has 0 atom stereocenters. The fourth-order valence-corrected chi connectivity index (χ4v) is 1.47. The van der Waals surface area contributed by atoms with Crippen LogP contribution in [-0.4, -0.2) is 0 Å². The number of rotatable bonds is 4. The van der Waals surface area contributed by atoms with E-state index in [0.717, 1.165) is 0 Å². The molecule has 0 unspecified atom stereocenters. The Balaban J connectivity index is 2.35. The van der Waals surface area contributed by atoms with Crippen LogP contribution in [0.15, 0.2) is 65.1 Å². The highest BCUT2D eigenvalue weighted by molar-refractivity contribution is 5.63. The van der Waals surface area contributed by atoms with E-state index < -0.39 is 0 Å². The molecular weight excluding hydrogens is 218 g/mol. The summed E-state index contributed by atoms with van der Waals surface area (Å²) in [6.45, 7) is 0. The van der Waals surface area contributed by atoms with E-state index in [-0.39, 0.29) is 0 Å². The van der Waals surface area contributed by atoms with Crippen molar-refractivity contribution in [1.82, 2.24) is 0 Å². The molecule has 17 heavy (non-hydrogen) atoms. The summed E-state index contributed by atoms with van der Waals surface area (Å²) in [6.07, 6.45) is 0. The van der Waals surface area contributed by atoms with Crippen LogP contribution in [0.5, 0.6) is 0 Å². The Morgan fingerprint density at radius 3 is 1.88 bits per heavy atom. The zero-order valence-electron chi connectivity index (χ0n) is 8.85. The SMILES string of the molecule is O=Nc1ccc(N(N=O)c2ccccc2)cc1. The number of nitrogens with zero attached hydrogens (tertiary/aromatic N) is 3. The molecule has 0 aliphatic rings. The Bertz CT molecular complexity index is 511. The summed E-state index contributed by atoms with van der Waals surface area (Å²) in [5.41, 5.74) is 1.56. The Kier molecular flexibility index (Phi) is 3.20. The number of nitroso groups, excluding NO2 is 2. The minimum atomic E-state index is 0.313. The van der Waals surface area contributed by atoms with Gasteiger partial charge in [-0.05, 0) is 41.6 Å². The lowest BCUT2D eigenvalue weighted by atomic mass is 10.2. The third-order valence-corrected chi connectivity index (χ3v) is 2.28. The topological polar surface area (TPSA) is 62.1 Å². The Hall–Kier alpha value is -2.56. The number of hydrogen-bond donors (Lipinski definition) is 0. The van der Waals surface area contributed by atoms with Crippen LogP contribution < -0.4 is 5.01 Å². The van der Waals surface area contributed by atoms with E-state index in [0.29, 0.717) is 17.1 Å². The summed E-state index contributed by atoms with van der Waals surface area (Å²) in [5, 5.41) is 7.00. The number of benzene rings is 2. The molecule has 0 spiro atoms. The summed E-state index contributed by atoms with van der Waals surface area (Å²) in [4.78, 5) is 21.1. The predicted octanol–water partition coefficient (Wildman–Crippen LogP) is 3.90. The highest BCUT2D eigenvalue weighted by atomic mass is 16.3. The maximum Gasteiger partial charge on any atom is 0.108 e. The fourth-order valence-electron chi connectivity index (χ4n) is 1.47. The fraction of sp³-hybridized carbons (Fsp3) is 0. The molecule has 0 radical (unpaired) electrons. The molecule has 2 rings (SSSR count). The summed E-state index contributed by atoms with van der Waals surface area (Å²) in [5.74, 6) is 0. The van der Waals surface area contributed by atoms with E-state index in [1.165, 1.54) is 17.1 Å². The van der Waals surface area contributed by atoms with Crippen LogP contribution in [0, 0.1) is 9.81 Å². The molecular formula is C12H9N3O2. The van der Waals surface area contributed by atoms with E-state index in [2.05, 4.69) is 10.5 Å². The van der Waals surface area contributed by atoms with Gasteiger partial charge in [0.25, 0.3) is 0 Å². The second-order valence-electron chi connectivity index (χ2n) is 3.34. The number of anilines is 2. The molecule has 0 aliphatic carbocycles. The largest absolute Gasteiger partial charge is 0.197 e. The summed E-state index contributed by atoms with van der Waals surface area (Å²) in [7, 11) is 0. The third-order valence-electron chi connectivity index (χ3n) is 2.28. The van der Waals surface area contributed by atoms with Crippen molar-refractivity contribution in [2.24, 2.45) is 10.5 Å². The second-order valence-corrected chi connectivity index (χ2v) is 3.34. The molecule has 0 saturated carbocycles. The Labute approximate surface area is 97.6 Å². The average molecular weight is 227 g/mol. The first-order valence-electron chi connectivity index (χ1n) is 4.97. The van der Waals surface area contributed by atoms with Gasteiger partial charge in [-0.1, -0.05) is 18.2 Å². The minimum absolute atomic E-state index is 0.313. The van der Waals surface area contributed by atoms with Gasteiger partial charge in [-0.15, -0.1) is 9.81 Å². The molecule has 0 N–H and O–H groups in total. The van der Waals surface area contributed by atoms with Gasteiger partial charge in [0.15, 0.2) is 0 Å². The van der Waals surface area contributed by atoms with Crippen molar-refractivity contribution in [3.63, 3.8) is 0 Å². The maximum atomic E-state index is 10.9. The summed E-state index contributed by atoms with van der Waals surface area (Å²) >= 11 is 0. The normalized spacial score (nSPS) is 9.65. The lowest BCUT2D eigenvalue weighted by Crippen LogP contribution is -2.06. The molecule has 2 aromatic rings. The third kappa shape index (κ3) is 2.34. The highest BCUT2D eigenvalue weighted by Gasteiger charge is 2.08. The molecule has 0 aromatic heterocycles. The molecule has 0 amide bonds. The zero-order chi connectivity index (χ0) is 12.1. The van der Waals surface area contributed by atoms with Crippen molar-refractivity contribution in [3.8, 4) is 0 Å². The molecule has 0 aliphatic heterocycles. The standard InChI is InChI=1S/C12H9N3O2/c16-13-10-6-8-12(9-7-10)15(14-17)11-4-2-1-3-5-11/h1-9H. The molecule has 2 aromatic carbocycles. The first-order chi connectivity index (χ1) is 8.35. The summed E-state index contributed by atoms with van der Waals surface area (Å²) < 4.78 is 0. The van der Waals surface area contributed by atoms with Crippen molar-refractivity contribution in [3.05, 3.63) is 64.4 Å². The van der Waals surface area contributed by atoms with Gasteiger partial charge < -0.3 is 0 Å². The van der Waals surface area contributed by atoms with Crippen molar-refractivity contribution in [2.75, 3.05) is 5.01 Å². The van der Waals surface area contributed by atoms with Gasteiger partial charge in [0, 0.05) is 0 Å². The van der Waals surface area contributed by atoms with Crippen molar-refractivity contribution in [2.45, 2.75) is 0 Å². The van der Waals surface area contributed by atoms with Crippen molar-refractivity contribution < 1.29 is 0 Å². The van der Waals surface area contributed by atoms with Gasteiger partial charge in [0.05, 0.1) is 16.7 Å². The molecule has 0 fully saturated rings. The smallest absolute Gasteiger partial charge is 0.108 e. The maximum absolute atomic E-state index is 10.9. The Morgan fingerprint density at radius 2 is 1.35 bits per heavy atom. The molecule has 0 heterocycles. The van der Waals surface area contributed by atoms with Gasteiger partial charge in [0.1, 0.15) is 5.69 Å². The molecule has 0 bridgehead atoms. The molecule has 0 saturated heterocycles. The van der Waals surface area contributed by atoms with E-state index in [1.807, 2.05) is 18.2 Å². The Morgan fingerprint density at radius 1 is 0.765 bits per heavy atom. The van der Waals surface area contributed by atoms with Gasteiger partial charge in [-0.3, -0.25) is 0 Å². The number of hydrogen-bond acceptors (Lipinski definition) is 4. The van der Waals surface area contributed by atoms with Crippen LogP contribution in [0.25, 0.3) is 0 Å². The number of para-hydroxylation sites is 1. The van der Waals surface area contributed by atoms with Crippen LogP contribution in [-0.2, 0) is 0 Å². The monoisotopic (exact) mass is 227 g/mol. The zero-order valence-corrected chi connectivity index (χ0v) is 8.85. The van der Waals surface area contributed by atoms with Crippen LogP contribution >= 0.6 is 0 Å². The van der Waals surface area contributed by atoms with E-state index in [1.54, 1.807) is 24.3 Å². The summed E-state index contributed by atoms with van der Waals surface area (Å²) in [6, 6.07) is 15.3. The molecule has 5 nitrogen and oxygen atoms in total. The van der Waals surface area contributed by atoms with E-state index in [4.69, 9.17) is 0 Å². The second kappa shape index (κ2) is 4.98. The van der Waals surface area contributed by atoms with Crippen molar-refractivity contribution >= 4 is 17.1 Å².